The fourth-order valence-electron chi connectivity index (χ4n) is 2.26. The van der Waals surface area contributed by atoms with E-state index in [4.69, 9.17) is 9.88 Å². The Morgan fingerprint density at radius 3 is 2.71 bits per heavy atom. The molecule has 3 rings (SSSR count). The van der Waals surface area contributed by atoms with Gasteiger partial charge in [0.05, 0.1) is 28.6 Å². The molecular weight excluding hydrogens is 332 g/mol. The highest BCUT2D eigenvalue weighted by Gasteiger charge is 2.18. The molecule has 0 aliphatic heterocycles. The van der Waals surface area contributed by atoms with Crippen molar-refractivity contribution in [2.24, 2.45) is 5.14 Å². The molecule has 0 saturated heterocycles. The van der Waals surface area contributed by atoms with Crippen LogP contribution >= 0.6 is 0 Å². The Morgan fingerprint density at radius 2 is 2.00 bits per heavy atom. The summed E-state index contributed by atoms with van der Waals surface area (Å²) in [7, 11) is -2.55. The summed E-state index contributed by atoms with van der Waals surface area (Å²) < 4.78 is 29.5. The number of sulfonamides is 1. The average molecular weight is 346 g/mol. The molecule has 0 bridgehead atoms. The number of imidazole rings is 1. The third-order valence-corrected chi connectivity index (χ3v) is 4.33. The molecule has 0 saturated carbocycles. The molecule has 0 spiro atoms. The Labute approximate surface area is 137 Å². The van der Waals surface area contributed by atoms with Crippen molar-refractivity contribution in [2.45, 2.75) is 4.90 Å². The summed E-state index contributed by atoms with van der Waals surface area (Å²) in [5, 5.41) is 5.11. The minimum absolute atomic E-state index is 0.0433. The Morgan fingerprint density at radius 1 is 1.25 bits per heavy atom. The highest BCUT2D eigenvalue weighted by molar-refractivity contribution is 7.89. The Bertz CT molecular complexity index is 1030. The molecule has 9 heteroatoms. The first kappa shape index (κ1) is 16.0. The number of hydrogen-bond donors (Lipinski definition) is 2. The molecule has 1 amide bonds. The second-order valence-corrected chi connectivity index (χ2v) is 6.51. The number of carbonyl (C=O) groups excluding carboxylic acids is 1. The van der Waals surface area contributed by atoms with Crippen LogP contribution in [0.25, 0.3) is 11.0 Å². The number of benzene rings is 2. The number of nitrogens with one attached hydrogen (secondary N) is 1. The summed E-state index contributed by atoms with van der Waals surface area (Å²) in [4.78, 5) is 16.5. The number of amides is 1. The summed E-state index contributed by atoms with van der Waals surface area (Å²) in [5.41, 5.74) is 4.09. The van der Waals surface area contributed by atoms with E-state index in [0.29, 0.717) is 11.0 Å². The highest BCUT2D eigenvalue weighted by Crippen LogP contribution is 2.22. The van der Waals surface area contributed by atoms with Crippen LogP contribution in [-0.4, -0.2) is 31.1 Å². The van der Waals surface area contributed by atoms with E-state index in [-0.39, 0.29) is 16.2 Å². The maximum atomic E-state index is 12.5. The number of para-hydroxylation sites is 2. The Kier molecular flexibility index (Phi) is 3.96. The molecular formula is C15H14N4O4S. The van der Waals surface area contributed by atoms with Crippen LogP contribution in [0.3, 0.4) is 0 Å². The predicted molar refractivity (Wildman–Crippen MR) is 87.8 cm³/mol. The molecule has 0 aliphatic carbocycles. The summed E-state index contributed by atoms with van der Waals surface area (Å²) in [5.74, 6) is -0.329. The molecule has 0 radical (unpaired) electrons. The third-order valence-electron chi connectivity index (χ3n) is 3.42. The van der Waals surface area contributed by atoms with E-state index in [1.807, 2.05) is 12.1 Å². The number of nitrogens with two attached hydrogens (primary N) is 1. The zero-order valence-corrected chi connectivity index (χ0v) is 13.4. The van der Waals surface area contributed by atoms with E-state index >= 15 is 0 Å². The van der Waals surface area contributed by atoms with Crippen LogP contribution in [0.1, 0.15) is 10.4 Å². The quantitative estimate of drug-likeness (QED) is 0.733. The van der Waals surface area contributed by atoms with Gasteiger partial charge in [-0.3, -0.25) is 10.2 Å². The van der Waals surface area contributed by atoms with Crippen molar-refractivity contribution in [2.75, 3.05) is 12.5 Å². The molecule has 0 aliphatic rings. The number of rotatable bonds is 4. The lowest BCUT2D eigenvalue weighted by atomic mass is 10.2. The lowest BCUT2D eigenvalue weighted by Crippen LogP contribution is -2.23. The molecule has 0 atom stereocenters. The van der Waals surface area contributed by atoms with Crippen LogP contribution < -0.4 is 15.3 Å². The molecule has 1 heterocycles. The summed E-state index contributed by atoms with van der Waals surface area (Å²) in [6.07, 6.45) is 1.46. The van der Waals surface area contributed by atoms with Gasteiger partial charge in [0.2, 0.25) is 10.0 Å². The van der Waals surface area contributed by atoms with Gasteiger partial charge in [-0.2, -0.15) is 0 Å². The Balaban J connectivity index is 2.00. The van der Waals surface area contributed by atoms with Crippen LogP contribution in [0.5, 0.6) is 5.75 Å². The molecule has 8 nitrogen and oxygen atoms in total. The van der Waals surface area contributed by atoms with Crippen LogP contribution in [0.2, 0.25) is 0 Å². The second kappa shape index (κ2) is 5.95. The predicted octanol–water partition coefficient (Wildman–Crippen LogP) is 1.08. The number of hydrogen-bond acceptors (Lipinski definition) is 5. The number of ether oxygens (including phenoxy) is 1. The van der Waals surface area contributed by atoms with Gasteiger partial charge in [0.15, 0.2) is 0 Å². The first-order valence-corrected chi connectivity index (χ1v) is 8.39. The maximum Gasteiger partial charge on any atom is 0.273 e. The van der Waals surface area contributed by atoms with E-state index < -0.39 is 15.9 Å². The fourth-order valence-corrected chi connectivity index (χ4v) is 2.80. The van der Waals surface area contributed by atoms with Crippen molar-refractivity contribution in [1.82, 2.24) is 9.66 Å². The van der Waals surface area contributed by atoms with E-state index in [1.165, 1.54) is 36.3 Å². The van der Waals surface area contributed by atoms with Gasteiger partial charge in [-0.25, -0.2) is 23.2 Å². The molecule has 1 aromatic heterocycles. The number of nitrogens with zero attached hydrogens (tertiary/aromatic N) is 2. The first-order chi connectivity index (χ1) is 11.4. The minimum atomic E-state index is -3.94. The SMILES string of the molecule is COc1ccc(S(N)(=O)=O)cc1C(=O)Nn1cnc2ccccc21. The molecule has 2 aromatic carbocycles. The average Bonchev–Trinajstić information content (AvgIpc) is 2.96. The van der Waals surface area contributed by atoms with Gasteiger partial charge in [0, 0.05) is 0 Å². The first-order valence-electron chi connectivity index (χ1n) is 6.84. The lowest BCUT2D eigenvalue weighted by Gasteiger charge is -2.11. The van der Waals surface area contributed by atoms with Crippen molar-refractivity contribution >= 4 is 27.0 Å². The largest absolute Gasteiger partial charge is 0.496 e. The van der Waals surface area contributed by atoms with E-state index in [1.54, 1.807) is 12.1 Å². The maximum absolute atomic E-state index is 12.5. The van der Waals surface area contributed by atoms with Gasteiger partial charge < -0.3 is 4.74 Å². The van der Waals surface area contributed by atoms with Crippen LogP contribution in [0.4, 0.5) is 0 Å². The topological polar surface area (TPSA) is 116 Å². The summed E-state index contributed by atoms with van der Waals surface area (Å²) in [6.45, 7) is 0. The summed E-state index contributed by atoms with van der Waals surface area (Å²) >= 11 is 0. The number of aromatic nitrogens is 2. The van der Waals surface area contributed by atoms with E-state index in [9.17, 15) is 13.2 Å². The molecule has 3 aromatic rings. The standard InChI is InChI=1S/C15H14N4O4S/c1-23-14-7-6-10(24(16,21)22)8-11(14)15(20)18-19-9-17-12-4-2-3-5-13(12)19/h2-9H,1H3,(H,18,20)(H2,16,21,22). The third kappa shape index (κ3) is 2.94. The monoisotopic (exact) mass is 346 g/mol. The summed E-state index contributed by atoms with van der Waals surface area (Å²) in [6, 6.07) is 11.1. The number of methoxy groups -OCH3 is 1. The van der Waals surface area contributed by atoms with Crippen molar-refractivity contribution in [1.29, 1.82) is 0 Å². The van der Waals surface area contributed by atoms with Gasteiger partial charge in [-0.15, -0.1) is 0 Å². The van der Waals surface area contributed by atoms with Gasteiger partial charge >= 0.3 is 0 Å². The Hall–Kier alpha value is -2.91. The van der Waals surface area contributed by atoms with Crippen molar-refractivity contribution in [3.05, 3.63) is 54.4 Å². The van der Waals surface area contributed by atoms with Crippen molar-refractivity contribution < 1.29 is 17.9 Å². The van der Waals surface area contributed by atoms with Crippen LogP contribution in [0, 0.1) is 0 Å². The number of fused-ring (bicyclic) bond motifs is 1. The number of primary sulfonamides is 1. The number of carbonyl (C=O) groups is 1. The van der Waals surface area contributed by atoms with E-state index in [0.717, 1.165) is 0 Å². The van der Waals surface area contributed by atoms with Gasteiger partial charge in [0.1, 0.15) is 12.1 Å². The molecule has 0 fully saturated rings. The lowest BCUT2D eigenvalue weighted by molar-refractivity contribution is 0.100. The molecule has 0 unspecified atom stereocenters. The van der Waals surface area contributed by atoms with Gasteiger partial charge in [0.25, 0.3) is 5.91 Å². The van der Waals surface area contributed by atoms with Crippen molar-refractivity contribution in [3.8, 4) is 5.75 Å². The molecule has 24 heavy (non-hydrogen) atoms. The molecule has 3 N–H and O–H groups in total. The second-order valence-electron chi connectivity index (χ2n) is 4.95. The van der Waals surface area contributed by atoms with Gasteiger partial charge in [-0.1, -0.05) is 12.1 Å². The zero-order chi connectivity index (χ0) is 17.3. The van der Waals surface area contributed by atoms with Crippen molar-refractivity contribution in [3.63, 3.8) is 0 Å². The minimum Gasteiger partial charge on any atom is -0.496 e. The molecule has 124 valence electrons. The van der Waals surface area contributed by atoms with E-state index in [2.05, 4.69) is 10.4 Å². The fraction of sp³-hybridized carbons (Fsp3) is 0.0667. The smallest absolute Gasteiger partial charge is 0.273 e. The highest BCUT2D eigenvalue weighted by atomic mass is 32.2. The normalized spacial score (nSPS) is 11.4. The van der Waals surface area contributed by atoms with Gasteiger partial charge in [-0.05, 0) is 30.3 Å². The van der Waals surface area contributed by atoms with Crippen LogP contribution in [0.15, 0.2) is 53.7 Å². The van der Waals surface area contributed by atoms with Crippen LogP contribution in [-0.2, 0) is 10.0 Å². The zero-order valence-electron chi connectivity index (χ0n) is 12.6.